The highest BCUT2D eigenvalue weighted by atomic mass is 32.1. The van der Waals surface area contributed by atoms with Crippen molar-refractivity contribution < 1.29 is 0 Å². The molecule has 1 aromatic carbocycles. The molecule has 1 atom stereocenters. The molecule has 1 fully saturated rings. The van der Waals surface area contributed by atoms with E-state index in [4.69, 9.17) is 4.98 Å². The number of thiazole rings is 1. The van der Waals surface area contributed by atoms with Crippen LogP contribution in [0.4, 0.5) is 0 Å². The first-order chi connectivity index (χ1) is 8.85. The Bertz CT molecular complexity index is 483. The van der Waals surface area contributed by atoms with Gasteiger partial charge in [-0.25, -0.2) is 4.98 Å². The van der Waals surface area contributed by atoms with E-state index in [1.807, 2.05) is 11.3 Å². The molecule has 1 aliphatic carbocycles. The van der Waals surface area contributed by atoms with Gasteiger partial charge in [-0.05, 0) is 31.5 Å². The van der Waals surface area contributed by atoms with E-state index in [0.29, 0.717) is 6.04 Å². The third-order valence-electron chi connectivity index (χ3n) is 4.01. The minimum atomic E-state index is 0.593. The van der Waals surface area contributed by atoms with Crippen molar-refractivity contribution in [2.75, 3.05) is 7.05 Å². The Morgan fingerprint density at radius 2 is 2.22 bits per heavy atom. The standard InChI is InChI=1S/C15H20N2S/c1-16-12(9-11-5-4-6-11)10-15-17-13-7-2-3-8-14(13)18-15/h2-3,7-8,11-12,16H,4-6,9-10H2,1H3. The van der Waals surface area contributed by atoms with Crippen LogP contribution in [0.2, 0.25) is 0 Å². The Labute approximate surface area is 112 Å². The molecule has 0 bridgehead atoms. The second-order valence-corrected chi connectivity index (χ2v) is 6.41. The summed E-state index contributed by atoms with van der Waals surface area (Å²) in [5.41, 5.74) is 1.15. The van der Waals surface area contributed by atoms with Gasteiger partial charge < -0.3 is 5.32 Å². The van der Waals surface area contributed by atoms with E-state index in [0.717, 1.165) is 17.9 Å². The van der Waals surface area contributed by atoms with Crippen molar-refractivity contribution in [2.45, 2.75) is 38.1 Å². The molecule has 2 nitrogen and oxygen atoms in total. The molecule has 0 radical (unpaired) electrons. The maximum Gasteiger partial charge on any atom is 0.0954 e. The zero-order valence-corrected chi connectivity index (χ0v) is 11.7. The predicted octanol–water partition coefficient (Wildman–Crippen LogP) is 3.62. The fourth-order valence-electron chi connectivity index (χ4n) is 2.65. The van der Waals surface area contributed by atoms with Crippen molar-refractivity contribution in [1.29, 1.82) is 0 Å². The molecule has 0 spiro atoms. The van der Waals surface area contributed by atoms with Crippen LogP contribution in [0, 0.1) is 5.92 Å². The number of para-hydroxylation sites is 1. The number of nitrogens with one attached hydrogen (secondary N) is 1. The Morgan fingerprint density at radius 3 is 2.89 bits per heavy atom. The maximum atomic E-state index is 4.73. The van der Waals surface area contributed by atoms with E-state index in [2.05, 4.69) is 36.6 Å². The smallest absolute Gasteiger partial charge is 0.0954 e. The van der Waals surface area contributed by atoms with Crippen LogP contribution >= 0.6 is 11.3 Å². The molecule has 3 rings (SSSR count). The number of aromatic nitrogens is 1. The van der Waals surface area contributed by atoms with E-state index < -0.39 is 0 Å². The van der Waals surface area contributed by atoms with Crippen LogP contribution in [0.25, 0.3) is 10.2 Å². The molecule has 0 saturated heterocycles. The number of hydrogen-bond donors (Lipinski definition) is 1. The average molecular weight is 260 g/mol. The summed E-state index contributed by atoms with van der Waals surface area (Å²) >= 11 is 1.84. The van der Waals surface area contributed by atoms with Crippen LogP contribution < -0.4 is 5.32 Å². The lowest BCUT2D eigenvalue weighted by molar-refractivity contribution is 0.263. The highest BCUT2D eigenvalue weighted by Gasteiger charge is 2.22. The average Bonchev–Trinajstić information content (AvgIpc) is 2.74. The van der Waals surface area contributed by atoms with Gasteiger partial charge in [0.05, 0.1) is 15.2 Å². The number of likely N-dealkylation sites (N-methyl/N-ethyl adjacent to an activating group) is 1. The quantitative estimate of drug-likeness (QED) is 0.888. The molecular formula is C15H20N2S. The van der Waals surface area contributed by atoms with E-state index >= 15 is 0 Å². The molecule has 1 aromatic heterocycles. The second kappa shape index (κ2) is 5.37. The topological polar surface area (TPSA) is 24.9 Å². The summed E-state index contributed by atoms with van der Waals surface area (Å²) in [5.74, 6) is 0.955. The lowest BCUT2D eigenvalue weighted by Gasteiger charge is -2.29. The lowest BCUT2D eigenvalue weighted by Crippen LogP contribution is -2.31. The maximum absolute atomic E-state index is 4.73. The van der Waals surface area contributed by atoms with Gasteiger partial charge in [-0.3, -0.25) is 0 Å². The monoisotopic (exact) mass is 260 g/mol. The number of benzene rings is 1. The fourth-order valence-corrected chi connectivity index (χ4v) is 3.70. The molecule has 3 heteroatoms. The van der Waals surface area contributed by atoms with E-state index in [1.54, 1.807) is 0 Å². The molecule has 1 unspecified atom stereocenters. The Morgan fingerprint density at radius 1 is 1.39 bits per heavy atom. The van der Waals surface area contributed by atoms with Crippen molar-refractivity contribution >= 4 is 21.6 Å². The number of hydrogen-bond acceptors (Lipinski definition) is 3. The Balaban J connectivity index is 1.69. The fraction of sp³-hybridized carbons (Fsp3) is 0.533. The van der Waals surface area contributed by atoms with Crippen LogP contribution in [-0.4, -0.2) is 18.1 Å². The largest absolute Gasteiger partial charge is 0.317 e. The molecule has 0 aliphatic heterocycles. The van der Waals surface area contributed by atoms with E-state index in [1.165, 1.54) is 35.4 Å². The van der Waals surface area contributed by atoms with Gasteiger partial charge in [0.1, 0.15) is 0 Å². The molecule has 96 valence electrons. The summed E-state index contributed by atoms with van der Waals surface area (Å²) in [5, 5.41) is 4.73. The van der Waals surface area contributed by atoms with Crippen molar-refractivity contribution in [2.24, 2.45) is 5.92 Å². The predicted molar refractivity (Wildman–Crippen MR) is 78.1 cm³/mol. The van der Waals surface area contributed by atoms with Gasteiger partial charge >= 0.3 is 0 Å². The van der Waals surface area contributed by atoms with E-state index in [9.17, 15) is 0 Å². The van der Waals surface area contributed by atoms with Gasteiger partial charge in [0.2, 0.25) is 0 Å². The molecule has 1 saturated carbocycles. The molecule has 2 aromatic rings. The molecule has 18 heavy (non-hydrogen) atoms. The van der Waals surface area contributed by atoms with Crippen molar-refractivity contribution in [3.8, 4) is 0 Å². The normalized spacial score (nSPS) is 17.8. The molecule has 1 heterocycles. The number of nitrogens with zero attached hydrogens (tertiary/aromatic N) is 1. The first kappa shape index (κ1) is 12.1. The van der Waals surface area contributed by atoms with Gasteiger partial charge in [-0.15, -0.1) is 11.3 Å². The third-order valence-corrected chi connectivity index (χ3v) is 5.07. The van der Waals surface area contributed by atoms with Crippen molar-refractivity contribution in [3.05, 3.63) is 29.3 Å². The first-order valence-corrected chi connectivity index (χ1v) is 7.68. The van der Waals surface area contributed by atoms with Crippen LogP contribution in [0.1, 0.15) is 30.7 Å². The van der Waals surface area contributed by atoms with Gasteiger partial charge in [-0.1, -0.05) is 31.4 Å². The summed E-state index contributed by atoms with van der Waals surface area (Å²) < 4.78 is 1.31. The third kappa shape index (κ3) is 2.57. The van der Waals surface area contributed by atoms with Gasteiger partial charge in [0.25, 0.3) is 0 Å². The minimum Gasteiger partial charge on any atom is -0.317 e. The summed E-state index contributed by atoms with van der Waals surface area (Å²) in [6, 6.07) is 9.02. The molecule has 1 N–H and O–H groups in total. The first-order valence-electron chi connectivity index (χ1n) is 6.87. The lowest BCUT2D eigenvalue weighted by atomic mass is 9.80. The second-order valence-electron chi connectivity index (χ2n) is 5.30. The summed E-state index contributed by atoms with van der Waals surface area (Å²) in [7, 11) is 2.08. The number of fused-ring (bicyclic) bond motifs is 1. The van der Waals surface area contributed by atoms with Crippen LogP contribution in [-0.2, 0) is 6.42 Å². The minimum absolute atomic E-state index is 0.593. The van der Waals surface area contributed by atoms with Crippen molar-refractivity contribution in [1.82, 2.24) is 10.3 Å². The van der Waals surface area contributed by atoms with Gasteiger partial charge in [0.15, 0.2) is 0 Å². The SMILES string of the molecule is CNC(Cc1nc2ccccc2s1)CC1CCC1. The zero-order valence-electron chi connectivity index (χ0n) is 10.9. The molecule has 1 aliphatic rings. The van der Waals surface area contributed by atoms with Gasteiger partial charge in [0, 0.05) is 12.5 Å². The van der Waals surface area contributed by atoms with Crippen molar-refractivity contribution in [3.63, 3.8) is 0 Å². The summed E-state index contributed by atoms with van der Waals surface area (Å²) in [4.78, 5) is 4.73. The summed E-state index contributed by atoms with van der Waals surface area (Å²) in [6.45, 7) is 0. The van der Waals surface area contributed by atoms with Gasteiger partial charge in [-0.2, -0.15) is 0 Å². The highest BCUT2D eigenvalue weighted by molar-refractivity contribution is 7.18. The number of rotatable bonds is 5. The Kier molecular flexibility index (Phi) is 3.62. The summed E-state index contributed by atoms with van der Waals surface area (Å²) in [6.07, 6.45) is 6.68. The van der Waals surface area contributed by atoms with Crippen LogP contribution in [0.15, 0.2) is 24.3 Å². The zero-order chi connectivity index (χ0) is 12.4. The Hall–Kier alpha value is -0.930. The van der Waals surface area contributed by atoms with Crippen LogP contribution in [0.3, 0.4) is 0 Å². The van der Waals surface area contributed by atoms with Crippen LogP contribution in [0.5, 0.6) is 0 Å². The van der Waals surface area contributed by atoms with E-state index in [-0.39, 0.29) is 0 Å². The highest BCUT2D eigenvalue weighted by Crippen LogP contribution is 2.31. The molecule has 0 amide bonds. The molecular weight excluding hydrogens is 240 g/mol.